The van der Waals surface area contributed by atoms with Gasteiger partial charge in [0.2, 0.25) is 0 Å². The van der Waals surface area contributed by atoms with Crippen molar-refractivity contribution in [1.29, 1.82) is 0 Å². The van der Waals surface area contributed by atoms with Crippen molar-refractivity contribution >= 4 is 0 Å². The maximum Gasteiger partial charge on any atom is 0.130 e. The van der Waals surface area contributed by atoms with E-state index in [0.717, 1.165) is 0 Å². The summed E-state index contributed by atoms with van der Waals surface area (Å²) in [6.45, 7) is -0.108. The molecule has 60 valence electrons. The van der Waals surface area contributed by atoms with Crippen LogP contribution in [0, 0.1) is 0 Å². The Morgan fingerprint density at radius 2 is 2.20 bits per heavy atom. The monoisotopic (exact) mass is 149 g/mol. The SMILES string of the molecule is OC[C@H]1ONC[C@@H](O)[C@@H]1O. The van der Waals surface area contributed by atoms with Gasteiger partial charge in [0.15, 0.2) is 0 Å². The van der Waals surface area contributed by atoms with E-state index in [-0.39, 0.29) is 13.2 Å². The van der Waals surface area contributed by atoms with E-state index in [9.17, 15) is 0 Å². The first-order valence-electron chi connectivity index (χ1n) is 3.11. The summed E-state index contributed by atoms with van der Waals surface area (Å²) in [5.74, 6) is 0. The largest absolute Gasteiger partial charge is 0.393 e. The van der Waals surface area contributed by atoms with Crippen molar-refractivity contribution < 1.29 is 20.2 Å². The van der Waals surface area contributed by atoms with Gasteiger partial charge in [0.05, 0.1) is 12.7 Å². The molecule has 5 nitrogen and oxygen atoms in total. The van der Waals surface area contributed by atoms with Crippen molar-refractivity contribution in [2.24, 2.45) is 0 Å². The van der Waals surface area contributed by atoms with Crippen LogP contribution >= 0.6 is 0 Å². The molecule has 0 aromatic heterocycles. The zero-order valence-electron chi connectivity index (χ0n) is 5.40. The summed E-state index contributed by atoms with van der Waals surface area (Å²) >= 11 is 0. The smallest absolute Gasteiger partial charge is 0.130 e. The Labute approximate surface area is 58.2 Å². The molecule has 1 heterocycles. The molecule has 0 spiro atoms. The maximum atomic E-state index is 9.06. The lowest BCUT2D eigenvalue weighted by atomic mass is 10.1. The normalized spacial score (nSPS) is 41.7. The first-order chi connectivity index (χ1) is 4.75. The second kappa shape index (κ2) is 3.27. The summed E-state index contributed by atoms with van der Waals surface area (Å²) in [5, 5.41) is 26.6. The van der Waals surface area contributed by atoms with Gasteiger partial charge in [-0.3, -0.25) is 4.84 Å². The highest BCUT2D eigenvalue weighted by Crippen LogP contribution is 2.06. The predicted octanol–water partition coefficient (Wildman–Crippen LogP) is -2.40. The Morgan fingerprint density at radius 1 is 1.50 bits per heavy atom. The number of aliphatic hydroxyl groups is 3. The van der Waals surface area contributed by atoms with Gasteiger partial charge in [-0.15, -0.1) is 0 Å². The zero-order valence-corrected chi connectivity index (χ0v) is 5.40. The van der Waals surface area contributed by atoms with Gasteiger partial charge in [-0.1, -0.05) is 0 Å². The average molecular weight is 149 g/mol. The fourth-order valence-corrected chi connectivity index (χ4v) is 0.824. The number of β-amino-alcohol motifs (C(OH)–C–C–N with tert-alkyl or cyclic N) is 1. The highest BCUT2D eigenvalue weighted by molar-refractivity contribution is 4.79. The Hall–Kier alpha value is -0.200. The first kappa shape index (κ1) is 7.90. The summed E-state index contributed by atoms with van der Waals surface area (Å²) in [6.07, 6.45) is -2.57. The van der Waals surface area contributed by atoms with Gasteiger partial charge in [0.1, 0.15) is 12.2 Å². The number of rotatable bonds is 1. The third-order valence-corrected chi connectivity index (χ3v) is 1.48. The van der Waals surface area contributed by atoms with Gasteiger partial charge in [0, 0.05) is 6.54 Å². The molecule has 5 heteroatoms. The molecule has 0 aromatic carbocycles. The molecule has 1 aliphatic heterocycles. The summed E-state index contributed by atoms with van der Waals surface area (Å²) in [5.41, 5.74) is 2.40. The molecule has 1 rings (SSSR count). The van der Waals surface area contributed by atoms with Gasteiger partial charge in [0.25, 0.3) is 0 Å². The number of aliphatic hydroxyl groups excluding tert-OH is 3. The van der Waals surface area contributed by atoms with E-state index < -0.39 is 18.3 Å². The minimum absolute atomic E-state index is 0.192. The third-order valence-electron chi connectivity index (χ3n) is 1.48. The van der Waals surface area contributed by atoms with Gasteiger partial charge in [-0.25, -0.2) is 0 Å². The minimum Gasteiger partial charge on any atom is -0.393 e. The van der Waals surface area contributed by atoms with E-state index in [4.69, 9.17) is 20.2 Å². The summed E-state index contributed by atoms with van der Waals surface area (Å²) in [6, 6.07) is 0. The molecule has 0 radical (unpaired) electrons. The molecule has 1 aliphatic rings. The van der Waals surface area contributed by atoms with Gasteiger partial charge in [-0.05, 0) is 0 Å². The molecule has 3 atom stereocenters. The maximum absolute atomic E-state index is 9.06. The number of hydrogen-bond donors (Lipinski definition) is 4. The van der Waals surface area contributed by atoms with Gasteiger partial charge >= 0.3 is 0 Å². The van der Waals surface area contributed by atoms with Crippen LogP contribution in [0.3, 0.4) is 0 Å². The van der Waals surface area contributed by atoms with Crippen molar-refractivity contribution in [2.45, 2.75) is 18.3 Å². The van der Waals surface area contributed by atoms with E-state index >= 15 is 0 Å². The van der Waals surface area contributed by atoms with Crippen LogP contribution in [-0.2, 0) is 4.84 Å². The van der Waals surface area contributed by atoms with E-state index in [2.05, 4.69) is 5.48 Å². The molecule has 10 heavy (non-hydrogen) atoms. The van der Waals surface area contributed by atoms with E-state index in [1.54, 1.807) is 0 Å². The van der Waals surface area contributed by atoms with Crippen LogP contribution in [0.1, 0.15) is 0 Å². The fourth-order valence-electron chi connectivity index (χ4n) is 0.824. The second-order valence-electron chi connectivity index (χ2n) is 2.25. The molecule has 0 unspecified atom stereocenters. The lowest BCUT2D eigenvalue weighted by molar-refractivity contribution is -0.180. The Bertz CT molecular complexity index is 110. The minimum atomic E-state index is -0.994. The van der Waals surface area contributed by atoms with E-state index in [0.29, 0.717) is 0 Å². The van der Waals surface area contributed by atoms with Crippen LogP contribution in [0.2, 0.25) is 0 Å². The number of nitrogens with one attached hydrogen (secondary N) is 1. The van der Waals surface area contributed by atoms with Crippen LogP contribution in [0.5, 0.6) is 0 Å². The summed E-state index contributed by atoms with van der Waals surface area (Å²) in [4.78, 5) is 4.70. The lowest BCUT2D eigenvalue weighted by Gasteiger charge is -2.30. The standard InChI is InChI=1S/C5H11NO4/c7-2-4-5(9)3(8)1-6-10-4/h3-9H,1-2H2/t3-,4-,5+/m1/s1. The number of hydrogen-bond acceptors (Lipinski definition) is 5. The fraction of sp³-hybridized carbons (Fsp3) is 1.00. The Balaban J connectivity index is 2.42. The zero-order chi connectivity index (χ0) is 7.56. The molecular weight excluding hydrogens is 138 g/mol. The van der Waals surface area contributed by atoms with Crippen LogP contribution < -0.4 is 5.48 Å². The molecule has 0 amide bonds. The van der Waals surface area contributed by atoms with Crippen LogP contribution in [-0.4, -0.2) is 46.8 Å². The molecule has 4 N–H and O–H groups in total. The van der Waals surface area contributed by atoms with Crippen LogP contribution in [0.25, 0.3) is 0 Å². The molecule has 1 saturated heterocycles. The quantitative estimate of drug-likeness (QED) is 0.334. The summed E-state index contributed by atoms with van der Waals surface area (Å²) < 4.78 is 0. The van der Waals surface area contributed by atoms with Crippen molar-refractivity contribution in [3.8, 4) is 0 Å². The van der Waals surface area contributed by atoms with Crippen LogP contribution in [0.4, 0.5) is 0 Å². The molecule has 0 saturated carbocycles. The molecular formula is C5H11NO4. The highest BCUT2D eigenvalue weighted by Gasteiger charge is 2.30. The Morgan fingerprint density at radius 3 is 2.70 bits per heavy atom. The highest BCUT2D eigenvalue weighted by atomic mass is 16.7. The second-order valence-corrected chi connectivity index (χ2v) is 2.25. The third kappa shape index (κ3) is 1.44. The van der Waals surface area contributed by atoms with Crippen molar-refractivity contribution in [3.63, 3.8) is 0 Å². The van der Waals surface area contributed by atoms with Gasteiger partial charge < -0.3 is 15.3 Å². The lowest BCUT2D eigenvalue weighted by Crippen LogP contribution is -2.53. The Kier molecular flexibility index (Phi) is 2.58. The summed E-state index contributed by atoms with van der Waals surface area (Å²) in [7, 11) is 0. The number of hydroxylamine groups is 1. The molecule has 1 fully saturated rings. The van der Waals surface area contributed by atoms with Crippen LogP contribution in [0.15, 0.2) is 0 Å². The molecule has 0 aromatic rings. The van der Waals surface area contributed by atoms with Crippen molar-refractivity contribution in [3.05, 3.63) is 0 Å². The molecule has 0 bridgehead atoms. The molecule has 0 aliphatic carbocycles. The topological polar surface area (TPSA) is 82.0 Å². The predicted molar refractivity (Wildman–Crippen MR) is 32.0 cm³/mol. The van der Waals surface area contributed by atoms with Crippen molar-refractivity contribution in [2.75, 3.05) is 13.2 Å². The van der Waals surface area contributed by atoms with E-state index in [1.165, 1.54) is 0 Å². The average Bonchev–Trinajstić information content (AvgIpc) is 1.95. The first-order valence-corrected chi connectivity index (χ1v) is 3.11. The van der Waals surface area contributed by atoms with Gasteiger partial charge in [-0.2, -0.15) is 5.48 Å². The van der Waals surface area contributed by atoms with Crippen molar-refractivity contribution in [1.82, 2.24) is 5.48 Å². The van der Waals surface area contributed by atoms with E-state index in [1.807, 2.05) is 0 Å².